The van der Waals surface area contributed by atoms with E-state index < -0.39 is 0 Å². The van der Waals surface area contributed by atoms with E-state index in [1.54, 1.807) is 0 Å². The average molecular weight is 220 g/mol. The van der Waals surface area contributed by atoms with Gasteiger partial charge in [-0.15, -0.1) is 0 Å². The second-order valence-electron chi connectivity index (χ2n) is 3.56. The van der Waals surface area contributed by atoms with Crippen molar-refractivity contribution in [2.24, 2.45) is 4.99 Å². The van der Waals surface area contributed by atoms with E-state index in [9.17, 15) is 0 Å². The van der Waals surface area contributed by atoms with Crippen LogP contribution in [0.15, 0.2) is 29.3 Å². The number of hydrogen-bond donors (Lipinski definition) is 1. The minimum atomic E-state index is -0.0811. The van der Waals surface area contributed by atoms with E-state index >= 15 is 0 Å². The molecule has 1 N–H and O–H groups in total. The van der Waals surface area contributed by atoms with Gasteiger partial charge in [0.25, 0.3) is 0 Å². The summed E-state index contributed by atoms with van der Waals surface area (Å²) in [5.41, 5.74) is 0. The fourth-order valence-electron chi connectivity index (χ4n) is 1.79. The van der Waals surface area contributed by atoms with E-state index in [2.05, 4.69) is 10.3 Å². The highest BCUT2D eigenvalue weighted by atomic mass is 16.6. The molecule has 0 radical (unpaired) electrons. The van der Waals surface area contributed by atoms with E-state index in [0.29, 0.717) is 6.61 Å². The summed E-state index contributed by atoms with van der Waals surface area (Å²) >= 11 is 0. The van der Waals surface area contributed by atoms with Crippen molar-refractivity contribution in [1.82, 2.24) is 5.32 Å². The SMILES string of the molecule is C.c1ccc2c(c1)OCC(C1=NCCN1)O2. The van der Waals surface area contributed by atoms with Crippen LogP contribution in [0.5, 0.6) is 11.5 Å². The average Bonchev–Trinajstić information content (AvgIpc) is 2.82. The third kappa shape index (κ3) is 1.83. The number of nitrogens with one attached hydrogen (secondary N) is 1. The standard InChI is InChI=1S/C11H12N2O2.CH4/c1-2-4-9-8(3-1)14-7-10(15-9)11-12-5-6-13-11;/h1-4,10H,5-7H2,(H,12,13);1H4. The summed E-state index contributed by atoms with van der Waals surface area (Å²) in [4.78, 5) is 4.33. The Morgan fingerprint density at radius 2 is 2.06 bits per heavy atom. The second-order valence-corrected chi connectivity index (χ2v) is 3.56. The van der Waals surface area contributed by atoms with Crippen LogP contribution in [0, 0.1) is 0 Å². The van der Waals surface area contributed by atoms with Gasteiger partial charge >= 0.3 is 0 Å². The van der Waals surface area contributed by atoms with Crippen molar-refractivity contribution in [2.45, 2.75) is 13.5 Å². The molecule has 16 heavy (non-hydrogen) atoms. The third-order valence-electron chi connectivity index (χ3n) is 2.51. The molecule has 4 heteroatoms. The number of nitrogens with zero attached hydrogens (tertiary/aromatic N) is 1. The summed E-state index contributed by atoms with van der Waals surface area (Å²) in [6.45, 7) is 2.26. The molecule has 4 nitrogen and oxygen atoms in total. The Kier molecular flexibility index (Phi) is 2.99. The Labute approximate surface area is 95.3 Å². The maximum Gasteiger partial charge on any atom is 0.189 e. The highest BCUT2D eigenvalue weighted by Crippen LogP contribution is 2.31. The number of fused-ring (bicyclic) bond motifs is 1. The first-order chi connectivity index (χ1) is 7.43. The molecule has 0 saturated heterocycles. The van der Waals surface area contributed by atoms with Crippen LogP contribution in [0.25, 0.3) is 0 Å². The summed E-state index contributed by atoms with van der Waals surface area (Å²) in [7, 11) is 0. The zero-order chi connectivity index (χ0) is 10.1. The number of ether oxygens (including phenoxy) is 2. The monoisotopic (exact) mass is 220 g/mol. The molecule has 2 aliphatic rings. The molecule has 0 fully saturated rings. The summed E-state index contributed by atoms with van der Waals surface area (Å²) in [6, 6.07) is 7.70. The Hall–Kier alpha value is -1.71. The lowest BCUT2D eigenvalue weighted by atomic mass is 10.2. The number of benzene rings is 1. The quantitative estimate of drug-likeness (QED) is 0.779. The maximum absolute atomic E-state index is 5.80. The lowest BCUT2D eigenvalue weighted by Gasteiger charge is -2.26. The predicted octanol–water partition coefficient (Wildman–Crippen LogP) is 1.46. The molecule has 0 aromatic heterocycles. The maximum atomic E-state index is 5.80. The van der Waals surface area contributed by atoms with Crippen molar-refractivity contribution in [3.63, 3.8) is 0 Å². The summed E-state index contributed by atoms with van der Waals surface area (Å²) < 4.78 is 11.4. The van der Waals surface area contributed by atoms with Crippen LogP contribution in [-0.2, 0) is 0 Å². The zero-order valence-electron chi connectivity index (χ0n) is 8.27. The molecule has 1 atom stereocenters. The first kappa shape index (κ1) is 10.8. The van der Waals surface area contributed by atoms with Gasteiger partial charge in [0.05, 0.1) is 6.54 Å². The molecule has 1 unspecified atom stereocenters. The molecule has 0 spiro atoms. The largest absolute Gasteiger partial charge is 0.485 e. The van der Waals surface area contributed by atoms with Gasteiger partial charge in [-0.2, -0.15) is 0 Å². The highest BCUT2D eigenvalue weighted by Gasteiger charge is 2.26. The van der Waals surface area contributed by atoms with Gasteiger partial charge in [0.15, 0.2) is 17.6 Å². The molecule has 1 aromatic carbocycles. The van der Waals surface area contributed by atoms with Crippen molar-refractivity contribution >= 4 is 5.84 Å². The predicted molar refractivity (Wildman–Crippen MR) is 63.4 cm³/mol. The fraction of sp³-hybridized carbons (Fsp3) is 0.417. The zero-order valence-corrected chi connectivity index (χ0v) is 8.27. The molecular formula is C12H16N2O2. The van der Waals surface area contributed by atoms with E-state index in [-0.39, 0.29) is 13.5 Å². The summed E-state index contributed by atoms with van der Waals surface area (Å²) in [6.07, 6.45) is -0.0811. The van der Waals surface area contributed by atoms with Gasteiger partial charge in [0, 0.05) is 6.54 Å². The van der Waals surface area contributed by atoms with Crippen LogP contribution in [0.1, 0.15) is 7.43 Å². The Balaban J connectivity index is 0.000000963. The fourth-order valence-corrected chi connectivity index (χ4v) is 1.79. The molecule has 2 heterocycles. The van der Waals surface area contributed by atoms with Crippen molar-refractivity contribution in [2.75, 3.05) is 19.7 Å². The minimum Gasteiger partial charge on any atom is -0.485 e. The Bertz CT molecular complexity index is 404. The van der Waals surface area contributed by atoms with Crippen LogP contribution >= 0.6 is 0 Å². The van der Waals surface area contributed by atoms with Gasteiger partial charge in [-0.3, -0.25) is 4.99 Å². The van der Waals surface area contributed by atoms with Gasteiger partial charge < -0.3 is 14.8 Å². The van der Waals surface area contributed by atoms with E-state index in [4.69, 9.17) is 9.47 Å². The lowest BCUT2D eigenvalue weighted by molar-refractivity contribution is 0.133. The highest BCUT2D eigenvalue weighted by molar-refractivity contribution is 5.88. The molecule has 0 bridgehead atoms. The first-order valence-electron chi connectivity index (χ1n) is 5.10. The van der Waals surface area contributed by atoms with Gasteiger partial charge in [0.1, 0.15) is 12.4 Å². The molecule has 2 aliphatic heterocycles. The Morgan fingerprint density at radius 3 is 2.81 bits per heavy atom. The number of amidine groups is 1. The smallest absolute Gasteiger partial charge is 0.189 e. The number of aliphatic imine (C=N–C) groups is 1. The normalized spacial score (nSPS) is 21.8. The first-order valence-corrected chi connectivity index (χ1v) is 5.10. The van der Waals surface area contributed by atoms with Crippen LogP contribution in [0.3, 0.4) is 0 Å². The van der Waals surface area contributed by atoms with Gasteiger partial charge in [-0.25, -0.2) is 0 Å². The number of hydrogen-bond acceptors (Lipinski definition) is 4. The number of rotatable bonds is 1. The summed E-state index contributed by atoms with van der Waals surface area (Å²) in [5, 5.41) is 3.20. The molecular weight excluding hydrogens is 204 g/mol. The molecule has 0 amide bonds. The van der Waals surface area contributed by atoms with Crippen LogP contribution in [0.2, 0.25) is 0 Å². The van der Waals surface area contributed by atoms with Crippen molar-refractivity contribution in [3.05, 3.63) is 24.3 Å². The van der Waals surface area contributed by atoms with Gasteiger partial charge in [0.2, 0.25) is 0 Å². The molecule has 86 valence electrons. The van der Waals surface area contributed by atoms with E-state index in [0.717, 1.165) is 30.4 Å². The topological polar surface area (TPSA) is 42.8 Å². The van der Waals surface area contributed by atoms with Crippen LogP contribution in [-0.4, -0.2) is 31.6 Å². The Morgan fingerprint density at radius 1 is 1.25 bits per heavy atom. The minimum absolute atomic E-state index is 0. The molecule has 3 rings (SSSR count). The van der Waals surface area contributed by atoms with Gasteiger partial charge in [-0.05, 0) is 12.1 Å². The van der Waals surface area contributed by atoms with Gasteiger partial charge in [-0.1, -0.05) is 19.6 Å². The van der Waals surface area contributed by atoms with E-state index in [1.165, 1.54) is 0 Å². The molecule has 0 saturated carbocycles. The second kappa shape index (κ2) is 4.43. The van der Waals surface area contributed by atoms with Crippen LogP contribution < -0.4 is 14.8 Å². The van der Waals surface area contributed by atoms with Crippen molar-refractivity contribution in [1.29, 1.82) is 0 Å². The van der Waals surface area contributed by atoms with Crippen LogP contribution in [0.4, 0.5) is 0 Å². The molecule has 0 aliphatic carbocycles. The lowest BCUT2D eigenvalue weighted by Crippen LogP contribution is -2.42. The number of para-hydroxylation sites is 2. The van der Waals surface area contributed by atoms with Crippen molar-refractivity contribution < 1.29 is 9.47 Å². The molecule has 1 aromatic rings. The third-order valence-corrected chi connectivity index (χ3v) is 2.51. The summed E-state index contributed by atoms with van der Waals surface area (Å²) in [5.74, 6) is 2.52. The van der Waals surface area contributed by atoms with E-state index in [1.807, 2.05) is 24.3 Å². The van der Waals surface area contributed by atoms with Crippen molar-refractivity contribution in [3.8, 4) is 11.5 Å².